The first kappa shape index (κ1) is 10.8. The Morgan fingerprint density at radius 1 is 1.67 bits per heavy atom. The molecule has 1 saturated heterocycles. The number of nitrogens with one attached hydrogen (secondary N) is 1. The van der Waals surface area contributed by atoms with E-state index in [9.17, 15) is 4.79 Å². The van der Waals surface area contributed by atoms with Gasteiger partial charge in [-0.1, -0.05) is 0 Å². The van der Waals surface area contributed by atoms with E-state index in [0.717, 1.165) is 19.6 Å². The maximum absolute atomic E-state index is 11.7. The summed E-state index contributed by atoms with van der Waals surface area (Å²) in [6, 6.07) is 0. The van der Waals surface area contributed by atoms with E-state index in [4.69, 9.17) is 0 Å². The Morgan fingerprint density at radius 2 is 2.53 bits per heavy atom. The third-order valence-corrected chi connectivity index (χ3v) is 3.26. The van der Waals surface area contributed by atoms with Crippen LogP contribution in [0.5, 0.6) is 0 Å². The van der Waals surface area contributed by atoms with E-state index in [-0.39, 0.29) is 5.56 Å². The van der Waals surface area contributed by atoms with E-state index in [1.807, 2.05) is 0 Å². The van der Waals surface area contributed by atoms with Gasteiger partial charge in [0, 0.05) is 12.7 Å². The van der Waals surface area contributed by atoms with Crippen molar-refractivity contribution in [2.24, 2.45) is 5.92 Å². The smallest absolute Gasteiger partial charge is 0.267 e. The van der Waals surface area contributed by atoms with Gasteiger partial charge >= 0.3 is 0 Å². The Balaban J connectivity index is 2.09. The first-order valence-corrected chi connectivity index (χ1v) is 5.97. The Bertz CT molecular complexity index is 384. The Morgan fingerprint density at radius 3 is 3.27 bits per heavy atom. The molecule has 1 aromatic heterocycles. The van der Waals surface area contributed by atoms with Gasteiger partial charge in [0.25, 0.3) is 5.56 Å². The number of rotatable bonds is 2. The number of hydrogen-bond donors (Lipinski definition) is 1. The minimum absolute atomic E-state index is 0.00979. The summed E-state index contributed by atoms with van der Waals surface area (Å²) < 4.78 is 2.22. The predicted octanol–water partition coefficient (Wildman–Crippen LogP) is 1.01. The van der Waals surface area contributed by atoms with Crippen LogP contribution in [0.3, 0.4) is 0 Å². The zero-order chi connectivity index (χ0) is 10.7. The van der Waals surface area contributed by atoms with Gasteiger partial charge in [0.1, 0.15) is 4.47 Å². The monoisotopic (exact) mass is 271 g/mol. The van der Waals surface area contributed by atoms with E-state index in [2.05, 4.69) is 26.2 Å². The minimum atomic E-state index is 0.00979. The maximum atomic E-state index is 11.7. The average molecular weight is 272 g/mol. The van der Waals surface area contributed by atoms with E-state index < -0.39 is 0 Å². The highest BCUT2D eigenvalue weighted by Gasteiger charge is 2.14. The van der Waals surface area contributed by atoms with Crippen LogP contribution >= 0.6 is 15.9 Å². The molecule has 1 fully saturated rings. The first-order valence-electron chi connectivity index (χ1n) is 5.18. The number of hydrogen-bond acceptors (Lipinski definition) is 3. The highest BCUT2D eigenvalue weighted by atomic mass is 79.9. The van der Waals surface area contributed by atoms with Crippen molar-refractivity contribution in [1.29, 1.82) is 0 Å². The summed E-state index contributed by atoms with van der Waals surface area (Å²) in [5.41, 5.74) is 0.00979. The summed E-state index contributed by atoms with van der Waals surface area (Å²) in [5.74, 6) is 0.549. The molecule has 2 heterocycles. The molecule has 0 saturated carbocycles. The summed E-state index contributed by atoms with van der Waals surface area (Å²) in [6.45, 7) is 2.86. The molecular formula is C10H14BrN3O. The van der Waals surface area contributed by atoms with Gasteiger partial charge in [-0.2, -0.15) is 0 Å². The molecule has 1 aromatic rings. The summed E-state index contributed by atoms with van der Waals surface area (Å²) in [6.07, 6.45) is 5.53. The average Bonchev–Trinajstić information content (AvgIpc) is 2.26. The molecule has 1 unspecified atom stereocenters. The number of piperidine rings is 1. The van der Waals surface area contributed by atoms with Gasteiger partial charge in [0.15, 0.2) is 0 Å². The Kier molecular flexibility index (Phi) is 3.53. The van der Waals surface area contributed by atoms with Crippen LogP contribution in [0.2, 0.25) is 0 Å². The molecular weight excluding hydrogens is 258 g/mol. The fraction of sp³-hybridized carbons (Fsp3) is 0.600. The molecule has 15 heavy (non-hydrogen) atoms. The molecule has 1 aliphatic rings. The van der Waals surface area contributed by atoms with Crippen molar-refractivity contribution in [3.8, 4) is 0 Å². The highest BCUT2D eigenvalue weighted by molar-refractivity contribution is 9.10. The molecule has 1 aliphatic heterocycles. The second-order valence-electron chi connectivity index (χ2n) is 3.91. The second kappa shape index (κ2) is 4.90. The lowest BCUT2D eigenvalue weighted by molar-refractivity contribution is 0.332. The van der Waals surface area contributed by atoms with Crippen molar-refractivity contribution in [2.75, 3.05) is 13.1 Å². The van der Waals surface area contributed by atoms with Crippen molar-refractivity contribution in [1.82, 2.24) is 14.9 Å². The van der Waals surface area contributed by atoms with Crippen LogP contribution in [-0.2, 0) is 6.54 Å². The second-order valence-corrected chi connectivity index (χ2v) is 4.77. The Labute approximate surface area is 96.8 Å². The van der Waals surface area contributed by atoms with Crippen LogP contribution in [0.25, 0.3) is 0 Å². The van der Waals surface area contributed by atoms with E-state index in [1.54, 1.807) is 10.9 Å². The van der Waals surface area contributed by atoms with Crippen molar-refractivity contribution in [2.45, 2.75) is 19.4 Å². The predicted molar refractivity (Wildman–Crippen MR) is 61.8 cm³/mol. The SMILES string of the molecule is O=c1c(Br)cncn1CC1CCCNC1. The molecule has 0 spiro atoms. The molecule has 0 aromatic carbocycles. The lowest BCUT2D eigenvalue weighted by Crippen LogP contribution is -2.34. The van der Waals surface area contributed by atoms with Crippen LogP contribution in [0.1, 0.15) is 12.8 Å². The van der Waals surface area contributed by atoms with Crippen molar-refractivity contribution in [3.63, 3.8) is 0 Å². The number of aromatic nitrogens is 2. The van der Waals surface area contributed by atoms with Crippen molar-refractivity contribution >= 4 is 15.9 Å². The van der Waals surface area contributed by atoms with E-state index >= 15 is 0 Å². The molecule has 82 valence electrons. The zero-order valence-electron chi connectivity index (χ0n) is 8.45. The zero-order valence-corrected chi connectivity index (χ0v) is 10.0. The van der Waals surface area contributed by atoms with Gasteiger partial charge < -0.3 is 5.32 Å². The molecule has 0 amide bonds. The molecule has 0 aliphatic carbocycles. The van der Waals surface area contributed by atoms with Gasteiger partial charge in [-0.05, 0) is 47.8 Å². The lowest BCUT2D eigenvalue weighted by atomic mass is 10.00. The summed E-state index contributed by atoms with van der Waals surface area (Å²) in [5, 5.41) is 3.34. The van der Waals surface area contributed by atoms with Gasteiger partial charge in [0.05, 0.1) is 6.33 Å². The van der Waals surface area contributed by atoms with Crippen LogP contribution in [0.15, 0.2) is 21.8 Å². The summed E-state index contributed by atoms with van der Waals surface area (Å²) >= 11 is 3.20. The molecule has 0 bridgehead atoms. The van der Waals surface area contributed by atoms with Gasteiger partial charge in [-0.15, -0.1) is 0 Å². The van der Waals surface area contributed by atoms with Gasteiger partial charge in [-0.3, -0.25) is 9.36 Å². The Hall–Kier alpha value is -0.680. The number of halogens is 1. The third-order valence-electron chi connectivity index (χ3n) is 2.71. The van der Waals surface area contributed by atoms with Gasteiger partial charge in [-0.25, -0.2) is 4.98 Å². The molecule has 2 rings (SSSR count). The molecule has 0 radical (unpaired) electrons. The fourth-order valence-electron chi connectivity index (χ4n) is 1.91. The summed E-state index contributed by atoms with van der Waals surface area (Å²) in [7, 11) is 0. The lowest BCUT2D eigenvalue weighted by Gasteiger charge is -2.23. The normalized spacial score (nSPS) is 21.5. The molecule has 1 atom stereocenters. The highest BCUT2D eigenvalue weighted by Crippen LogP contribution is 2.11. The quantitative estimate of drug-likeness (QED) is 0.874. The fourth-order valence-corrected chi connectivity index (χ4v) is 2.26. The largest absolute Gasteiger partial charge is 0.316 e. The van der Waals surface area contributed by atoms with Crippen LogP contribution in [-0.4, -0.2) is 22.6 Å². The van der Waals surface area contributed by atoms with E-state index in [1.165, 1.54) is 19.0 Å². The first-order chi connectivity index (χ1) is 7.27. The minimum Gasteiger partial charge on any atom is -0.316 e. The molecule has 5 heteroatoms. The standard InChI is InChI=1S/C10H14BrN3O/c11-9-5-13-7-14(10(9)15)6-8-2-1-3-12-4-8/h5,7-8,12H,1-4,6H2. The number of nitrogens with zero attached hydrogens (tertiary/aromatic N) is 2. The van der Waals surface area contributed by atoms with Crippen molar-refractivity contribution in [3.05, 3.63) is 27.4 Å². The van der Waals surface area contributed by atoms with Crippen LogP contribution in [0, 0.1) is 5.92 Å². The molecule has 4 nitrogen and oxygen atoms in total. The van der Waals surface area contributed by atoms with Crippen molar-refractivity contribution < 1.29 is 0 Å². The van der Waals surface area contributed by atoms with Crippen LogP contribution < -0.4 is 10.9 Å². The topological polar surface area (TPSA) is 46.9 Å². The van der Waals surface area contributed by atoms with E-state index in [0.29, 0.717) is 10.4 Å². The molecule has 1 N–H and O–H groups in total. The maximum Gasteiger partial charge on any atom is 0.267 e. The third kappa shape index (κ3) is 2.66. The summed E-state index contributed by atoms with van der Waals surface area (Å²) in [4.78, 5) is 15.7. The van der Waals surface area contributed by atoms with Gasteiger partial charge in [0.2, 0.25) is 0 Å². The van der Waals surface area contributed by atoms with Crippen LogP contribution in [0.4, 0.5) is 0 Å².